The van der Waals surface area contributed by atoms with Crippen LogP contribution in [0.1, 0.15) is 31.1 Å². The van der Waals surface area contributed by atoms with E-state index < -0.39 is 5.91 Å². The minimum atomic E-state index is -0.468. The number of benzene rings is 1. The van der Waals surface area contributed by atoms with Crippen LogP contribution in [0.25, 0.3) is 0 Å². The Labute approximate surface area is 83.9 Å². The summed E-state index contributed by atoms with van der Waals surface area (Å²) in [5, 5.41) is 0. The number of amides is 1. The van der Waals surface area contributed by atoms with Crippen molar-refractivity contribution in [1.82, 2.24) is 0 Å². The summed E-state index contributed by atoms with van der Waals surface area (Å²) in [5.41, 5.74) is 5.31. The van der Waals surface area contributed by atoms with E-state index >= 15 is 0 Å². The van der Waals surface area contributed by atoms with Crippen molar-refractivity contribution in [1.29, 1.82) is 0 Å². The van der Waals surface area contributed by atoms with Crippen LogP contribution < -0.4 is 10.5 Å². The van der Waals surface area contributed by atoms with Gasteiger partial charge in [0.1, 0.15) is 11.4 Å². The van der Waals surface area contributed by atoms with Gasteiger partial charge in [-0.2, -0.15) is 0 Å². The van der Waals surface area contributed by atoms with Gasteiger partial charge in [0.05, 0.1) is 5.56 Å². The fourth-order valence-electron chi connectivity index (χ4n) is 1.09. The minimum Gasteiger partial charge on any atom is -0.487 e. The Morgan fingerprint density at radius 3 is 2.36 bits per heavy atom. The molecule has 0 aliphatic heterocycles. The van der Waals surface area contributed by atoms with Crippen molar-refractivity contribution in [3.8, 4) is 5.75 Å². The van der Waals surface area contributed by atoms with Gasteiger partial charge < -0.3 is 10.5 Å². The highest BCUT2D eigenvalue weighted by molar-refractivity contribution is 5.95. The summed E-state index contributed by atoms with van der Waals surface area (Å²) in [5.74, 6) is 0.0670. The van der Waals surface area contributed by atoms with Gasteiger partial charge in [-0.25, -0.2) is 0 Å². The average Bonchev–Trinajstić information content (AvgIpc) is 2.01. The molecule has 0 fully saturated rings. The summed E-state index contributed by atoms with van der Waals surface area (Å²) in [4.78, 5) is 11.0. The van der Waals surface area contributed by atoms with Gasteiger partial charge in [-0.3, -0.25) is 4.79 Å². The van der Waals surface area contributed by atoms with E-state index in [-0.39, 0.29) is 5.60 Å². The van der Waals surface area contributed by atoms with E-state index in [9.17, 15) is 4.79 Å². The second-order valence-electron chi connectivity index (χ2n) is 4.07. The molecule has 0 spiro atoms. The number of carbonyl (C=O) groups excluding carboxylic acids is 1. The fourth-order valence-corrected chi connectivity index (χ4v) is 1.09. The van der Waals surface area contributed by atoms with Gasteiger partial charge in [-0.1, -0.05) is 12.1 Å². The van der Waals surface area contributed by atoms with Crippen molar-refractivity contribution < 1.29 is 9.53 Å². The van der Waals surface area contributed by atoms with Crippen LogP contribution in [0.2, 0.25) is 0 Å². The van der Waals surface area contributed by atoms with Gasteiger partial charge in [-0.15, -0.1) is 0 Å². The van der Waals surface area contributed by atoms with Crippen molar-refractivity contribution >= 4 is 5.91 Å². The molecule has 2 N–H and O–H groups in total. The predicted molar refractivity (Wildman–Crippen MR) is 55.3 cm³/mol. The van der Waals surface area contributed by atoms with Crippen molar-refractivity contribution in [2.45, 2.75) is 26.4 Å². The SMILES string of the molecule is CC(C)(C)Oc1ccccc1C(N)=O. The largest absolute Gasteiger partial charge is 0.487 e. The summed E-state index contributed by atoms with van der Waals surface area (Å²) >= 11 is 0. The van der Waals surface area contributed by atoms with Crippen molar-refractivity contribution in [3.63, 3.8) is 0 Å². The maximum absolute atomic E-state index is 11.0. The third-order valence-corrected chi connectivity index (χ3v) is 1.57. The zero-order valence-corrected chi connectivity index (χ0v) is 8.70. The van der Waals surface area contributed by atoms with E-state index in [2.05, 4.69) is 0 Å². The first-order valence-corrected chi connectivity index (χ1v) is 4.48. The van der Waals surface area contributed by atoms with Crippen LogP contribution in [0.5, 0.6) is 5.75 Å². The molecular formula is C11H15NO2. The highest BCUT2D eigenvalue weighted by atomic mass is 16.5. The lowest BCUT2D eigenvalue weighted by atomic mass is 10.1. The first-order valence-electron chi connectivity index (χ1n) is 4.48. The molecule has 0 saturated heterocycles. The molecule has 1 rings (SSSR count). The Morgan fingerprint density at radius 1 is 1.29 bits per heavy atom. The first kappa shape index (κ1) is 10.6. The smallest absolute Gasteiger partial charge is 0.252 e. The highest BCUT2D eigenvalue weighted by Crippen LogP contribution is 2.22. The number of primary amides is 1. The third-order valence-electron chi connectivity index (χ3n) is 1.57. The fraction of sp³-hybridized carbons (Fsp3) is 0.364. The molecule has 0 aromatic heterocycles. The Balaban J connectivity index is 3.02. The van der Waals surface area contributed by atoms with Crippen molar-refractivity contribution in [3.05, 3.63) is 29.8 Å². The first-order chi connectivity index (χ1) is 6.40. The number of nitrogens with two attached hydrogens (primary N) is 1. The van der Waals surface area contributed by atoms with Gasteiger partial charge in [-0.05, 0) is 32.9 Å². The lowest BCUT2D eigenvalue weighted by molar-refractivity contribution is 0.0978. The molecule has 0 saturated carbocycles. The van der Waals surface area contributed by atoms with E-state index in [1.807, 2.05) is 26.8 Å². The predicted octanol–water partition coefficient (Wildman–Crippen LogP) is 1.96. The molecule has 1 amide bonds. The molecule has 0 atom stereocenters. The van der Waals surface area contributed by atoms with E-state index in [0.29, 0.717) is 11.3 Å². The number of rotatable bonds is 2. The Kier molecular flexibility index (Phi) is 2.79. The van der Waals surface area contributed by atoms with Crippen LogP contribution in [0.15, 0.2) is 24.3 Å². The normalized spacial score (nSPS) is 11.1. The van der Waals surface area contributed by atoms with Crippen LogP contribution in [0, 0.1) is 0 Å². The Hall–Kier alpha value is -1.51. The van der Waals surface area contributed by atoms with Crippen LogP contribution in [0.4, 0.5) is 0 Å². The second-order valence-corrected chi connectivity index (χ2v) is 4.07. The molecule has 0 aliphatic rings. The number of hydrogen-bond donors (Lipinski definition) is 1. The second kappa shape index (κ2) is 3.70. The zero-order valence-electron chi connectivity index (χ0n) is 8.70. The van der Waals surface area contributed by atoms with Crippen molar-refractivity contribution in [2.75, 3.05) is 0 Å². The monoisotopic (exact) mass is 193 g/mol. The summed E-state index contributed by atoms with van der Waals surface area (Å²) in [7, 11) is 0. The zero-order chi connectivity index (χ0) is 10.8. The number of carbonyl (C=O) groups is 1. The van der Waals surface area contributed by atoms with Gasteiger partial charge >= 0.3 is 0 Å². The highest BCUT2D eigenvalue weighted by Gasteiger charge is 2.16. The van der Waals surface area contributed by atoms with E-state index in [0.717, 1.165) is 0 Å². The van der Waals surface area contributed by atoms with Gasteiger partial charge in [0.25, 0.3) is 5.91 Å². The molecule has 1 aromatic carbocycles. The van der Waals surface area contributed by atoms with E-state index in [4.69, 9.17) is 10.5 Å². The summed E-state index contributed by atoms with van der Waals surface area (Å²) in [6, 6.07) is 6.97. The minimum absolute atomic E-state index is 0.328. The number of para-hydroxylation sites is 1. The van der Waals surface area contributed by atoms with Gasteiger partial charge in [0.2, 0.25) is 0 Å². The number of ether oxygens (including phenoxy) is 1. The molecule has 1 aromatic rings. The average molecular weight is 193 g/mol. The van der Waals surface area contributed by atoms with Crippen LogP contribution in [-0.4, -0.2) is 11.5 Å². The molecule has 3 heteroatoms. The lowest BCUT2D eigenvalue weighted by Crippen LogP contribution is -2.25. The molecule has 14 heavy (non-hydrogen) atoms. The van der Waals surface area contributed by atoms with Gasteiger partial charge in [0.15, 0.2) is 0 Å². The molecule has 3 nitrogen and oxygen atoms in total. The number of hydrogen-bond acceptors (Lipinski definition) is 2. The van der Waals surface area contributed by atoms with E-state index in [1.165, 1.54) is 0 Å². The van der Waals surface area contributed by atoms with Crippen LogP contribution in [0.3, 0.4) is 0 Å². The lowest BCUT2D eigenvalue weighted by Gasteiger charge is -2.22. The third kappa shape index (κ3) is 2.76. The maximum Gasteiger partial charge on any atom is 0.252 e. The van der Waals surface area contributed by atoms with Crippen LogP contribution in [-0.2, 0) is 0 Å². The molecule has 76 valence electrons. The van der Waals surface area contributed by atoms with E-state index in [1.54, 1.807) is 18.2 Å². The molecular weight excluding hydrogens is 178 g/mol. The molecule has 0 heterocycles. The van der Waals surface area contributed by atoms with Crippen molar-refractivity contribution in [2.24, 2.45) is 5.73 Å². The maximum atomic E-state index is 11.0. The molecule has 0 bridgehead atoms. The summed E-state index contributed by atoms with van der Waals surface area (Å²) in [6.07, 6.45) is 0. The quantitative estimate of drug-likeness (QED) is 0.780. The molecule has 0 unspecified atom stereocenters. The summed E-state index contributed by atoms with van der Waals surface area (Å²) in [6.45, 7) is 5.76. The Bertz CT molecular complexity index is 339. The summed E-state index contributed by atoms with van der Waals surface area (Å²) < 4.78 is 5.59. The molecule has 0 radical (unpaired) electrons. The molecule has 0 aliphatic carbocycles. The standard InChI is InChI=1S/C11H15NO2/c1-11(2,3)14-9-7-5-4-6-8(9)10(12)13/h4-7H,1-3H3,(H2,12,13). The van der Waals surface area contributed by atoms with Gasteiger partial charge in [0, 0.05) is 0 Å². The topological polar surface area (TPSA) is 52.3 Å². The Morgan fingerprint density at radius 2 is 1.86 bits per heavy atom. The van der Waals surface area contributed by atoms with Crippen LogP contribution >= 0.6 is 0 Å².